The van der Waals surface area contributed by atoms with Gasteiger partial charge in [0.2, 0.25) is 0 Å². The largest absolute Gasteiger partial charge is 0.480 e. The van der Waals surface area contributed by atoms with E-state index in [-0.39, 0.29) is 30.6 Å². The van der Waals surface area contributed by atoms with Gasteiger partial charge in [0.1, 0.15) is 11.9 Å². The smallest absolute Gasteiger partial charge is 0.323 e. The molecule has 1 fully saturated rings. The fourth-order valence-electron chi connectivity index (χ4n) is 4.23. The van der Waals surface area contributed by atoms with Crippen LogP contribution in [0.1, 0.15) is 18.1 Å². The topological polar surface area (TPSA) is 128 Å². The molecule has 10 nitrogen and oxygen atoms in total. The number of nitrogens with zero attached hydrogens (tertiary/aromatic N) is 3. The van der Waals surface area contributed by atoms with Gasteiger partial charge in [0, 0.05) is 30.9 Å². The zero-order valence-corrected chi connectivity index (χ0v) is 20.7. The lowest BCUT2D eigenvalue weighted by molar-refractivity contribution is -0.142. The Hall–Kier alpha value is -2.76. The van der Waals surface area contributed by atoms with Crippen LogP contribution in [-0.2, 0) is 34.4 Å². The normalized spacial score (nSPS) is 17.7. The Kier molecular flexibility index (Phi) is 8.68. The summed E-state index contributed by atoms with van der Waals surface area (Å²) in [5, 5.41) is 21.9. The van der Waals surface area contributed by atoms with E-state index in [0.29, 0.717) is 37.8 Å². The van der Waals surface area contributed by atoms with Crippen molar-refractivity contribution in [2.75, 3.05) is 19.8 Å². The van der Waals surface area contributed by atoms with Gasteiger partial charge in [-0.2, -0.15) is 0 Å². The Morgan fingerprint density at radius 2 is 2.09 bits per heavy atom. The van der Waals surface area contributed by atoms with E-state index >= 15 is 0 Å². The van der Waals surface area contributed by atoms with E-state index in [1.54, 1.807) is 24.7 Å². The Labute approximate surface area is 208 Å². The Morgan fingerprint density at radius 3 is 2.71 bits per heavy atom. The van der Waals surface area contributed by atoms with Crippen molar-refractivity contribution in [1.29, 1.82) is 0 Å². The van der Waals surface area contributed by atoms with Crippen LogP contribution in [0.5, 0.6) is 0 Å². The first-order chi connectivity index (χ1) is 16.2. The standard InChI is InChI=1S/C24H30N4O6.ClH/c1-14-8-17(11-27(3)23(14)30)22-26-19-9-16(10-25-21(15(2)29)24(31)32)4-5-20(19)28(22)12-18-13-33-6-7-34-18;/h4-5,8-9,11,15,18,21,25,29H,6-7,10,12-13H2,1-3H3,(H,31,32);1H. The van der Waals surface area contributed by atoms with Crippen LogP contribution in [-0.4, -0.2) is 68.4 Å². The summed E-state index contributed by atoms with van der Waals surface area (Å²) in [5.41, 5.74) is 3.84. The zero-order chi connectivity index (χ0) is 24.4. The number of carboxylic acid groups (broad SMARTS) is 1. The molecule has 0 radical (unpaired) electrons. The number of aliphatic hydroxyl groups excluding tert-OH is 1. The summed E-state index contributed by atoms with van der Waals surface area (Å²) in [5.74, 6) is -0.400. The summed E-state index contributed by atoms with van der Waals surface area (Å²) >= 11 is 0. The summed E-state index contributed by atoms with van der Waals surface area (Å²) in [6, 6.07) is 6.51. The van der Waals surface area contributed by atoms with Crippen molar-refractivity contribution in [3.63, 3.8) is 0 Å². The molecule has 3 N–H and O–H groups in total. The molecule has 3 heterocycles. The number of hydrogen-bond donors (Lipinski definition) is 3. The van der Waals surface area contributed by atoms with Gasteiger partial charge in [-0.3, -0.25) is 14.9 Å². The fraction of sp³-hybridized carbons (Fsp3) is 0.458. The zero-order valence-electron chi connectivity index (χ0n) is 19.9. The van der Waals surface area contributed by atoms with Crippen molar-refractivity contribution in [2.45, 2.75) is 45.2 Å². The third kappa shape index (κ3) is 5.91. The highest BCUT2D eigenvalue weighted by Crippen LogP contribution is 2.27. The lowest BCUT2D eigenvalue weighted by Gasteiger charge is -2.24. The lowest BCUT2D eigenvalue weighted by Crippen LogP contribution is -2.44. The molecular weight excluding hydrogens is 476 g/mol. The van der Waals surface area contributed by atoms with Crippen molar-refractivity contribution in [3.8, 4) is 11.4 Å². The van der Waals surface area contributed by atoms with E-state index in [0.717, 1.165) is 22.2 Å². The molecule has 3 atom stereocenters. The number of aryl methyl sites for hydroxylation is 2. The van der Waals surface area contributed by atoms with Gasteiger partial charge in [0.05, 0.1) is 49.6 Å². The molecule has 4 rings (SSSR count). The number of imidazole rings is 1. The van der Waals surface area contributed by atoms with E-state index in [2.05, 4.69) is 9.88 Å². The number of aliphatic carboxylic acids is 1. The number of benzene rings is 1. The van der Waals surface area contributed by atoms with Crippen LogP contribution in [0.25, 0.3) is 22.4 Å². The van der Waals surface area contributed by atoms with Gasteiger partial charge in [0.25, 0.3) is 5.56 Å². The van der Waals surface area contributed by atoms with Gasteiger partial charge in [-0.15, -0.1) is 12.4 Å². The summed E-state index contributed by atoms with van der Waals surface area (Å²) in [6.45, 7) is 5.62. The molecule has 0 bridgehead atoms. The number of ether oxygens (including phenoxy) is 2. The summed E-state index contributed by atoms with van der Waals surface area (Å²) in [6.07, 6.45) is 0.619. The first-order valence-electron chi connectivity index (χ1n) is 11.2. The van der Waals surface area contributed by atoms with Crippen molar-refractivity contribution in [2.24, 2.45) is 7.05 Å². The number of halogens is 1. The summed E-state index contributed by atoms with van der Waals surface area (Å²) in [4.78, 5) is 28.5. The highest BCUT2D eigenvalue weighted by atomic mass is 35.5. The number of aliphatic hydroxyl groups is 1. The molecule has 190 valence electrons. The van der Waals surface area contributed by atoms with Crippen LogP contribution in [0, 0.1) is 6.92 Å². The Morgan fingerprint density at radius 1 is 1.31 bits per heavy atom. The van der Waals surface area contributed by atoms with Crippen LogP contribution in [0.4, 0.5) is 0 Å². The van der Waals surface area contributed by atoms with Gasteiger partial charge in [-0.25, -0.2) is 4.98 Å². The lowest BCUT2D eigenvalue weighted by atomic mass is 10.1. The molecule has 35 heavy (non-hydrogen) atoms. The van der Waals surface area contributed by atoms with E-state index in [1.807, 2.05) is 24.3 Å². The van der Waals surface area contributed by atoms with E-state index in [4.69, 9.17) is 14.5 Å². The highest BCUT2D eigenvalue weighted by Gasteiger charge is 2.23. The maximum Gasteiger partial charge on any atom is 0.323 e. The molecule has 11 heteroatoms. The third-order valence-corrected chi connectivity index (χ3v) is 5.98. The van der Waals surface area contributed by atoms with Crippen molar-refractivity contribution >= 4 is 29.4 Å². The van der Waals surface area contributed by atoms with Gasteiger partial charge in [-0.05, 0) is 37.6 Å². The number of rotatable bonds is 8. The van der Waals surface area contributed by atoms with Crippen LogP contribution >= 0.6 is 12.4 Å². The molecule has 0 aliphatic carbocycles. The number of nitrogens with one attached hydrogen (secondary N) is 1. The molecule has 0 spiro atoms. The van der Waals surface area contributed by atoms with Gasteiger partial charge >= 0.3 is 5.97 Å². The van der Waals surface area contributed by atoms with Crippen LogP contribution in [0.2, 0.25) is 0 Å². The summed E-state index contributed by atoms with van der Waals surface area (Å²) < 4.78 is 15.1. The number of fused-ring (bicyclic) bond motifs is 1. The number of aromatic nitrogens is 3. The molecule has 1 aliphatic rings. The second-order valence-corrected chi connectivity index (χ2v) is 8.70. The molecule has 1 aliphatic heterocycles. The number of pyridine rings is 1. The highest BCUT2D eigenvalue weighted by molar-refractivity contribution is 5.85. The van der Waals surface area contributed by atoms with E-state index in [9.17, 15) is 19.8 Å². The minimum absolute atomic E-state index is 0. The molecule has 0 amide bonds. The first-order valence-corrected chi connectivity index (χ1v) is 11.2. The minimum atomic E-state index is -1.11. The Balaban J connectivity index is 0.00000342. The van der Waals surface area contributed by atoms with Gasteiger partial charge in [-0.1, -0.05) is 6.07 Å². The number of carbonyl (C=O) groups is 1. The molecule has 0 saturated carbocycles. The molecule has 2 aromatic heterocycles. The fourth-order valence-corrected chi connectivity index (χ4v) is 4.23. The summed E-state index contributed by atoms with van der Waals surface area (Å²) in [7, 11) is 1.72. The minimum Gasteiger partial charge on any atom is -0.480 e. The second-order valence-electron chi connectivity index (χ2n) is 8.70. The predicted molar refractivity (Wildman–Crippen MR) is 133 cm³/mol. The first kappa shape index (κ1) is 26.8. The second kappa shape index (κ2) is 11.3. The average molecular weight is 507 g/mol. The Bertz CT molecular complexity index is 1220. The van der Waals surface area contributed by atoms with Crippen molar-refractivity contribution in [1.82, 2.24) is 19.4 Å². The molecular formula is C24H31ClN4O6. The maximum atomic E-state index is 12.2. The number of carboxylic acids is 1. The quantitative estimate of drug-likeness (QED) is 0.419. The molecule has 1 saturated heterocycles. The number of hydrogen-bond acceptors (Lipinski definition) is 7. The monoisotopic (exact) mass is 506 g/mol. The van der Waals surface area contributed by atoms with Crippen molar-refractivity contribution in [3.05, 3.63) is 51.9 Å². The van der Waals surface area contributed by atoms with Gasteiger partial charge in [0.15, 0.2) is 0 Å². The van der Waals surface area contributed by atoms with Crippen LogP contribution < -0.4 is 10.9 Å². The van der Waals surface area contributed by atoms with Crippen LogP contribution in [0.3, 0.4) is 0 Å². The molecule has 1 aromatic carbocycles. The van der Waals surface area contributed by atoms with Crippen LogP contribution in [0.15, 0.2) is 35.3 Å². The maximum absolute atomic E-state index is 12.2. The predicted octanol–water partition coefficient (Wildman–Crippen LogP) is 1.47. The van der Waals surface area contributed by atoms with E-state index < -0.39 is 18.1 Å². The SMILES string of the molecule is Cc1cc(-c2nc3cc(CNC(C(=O)O)C(C)O)ccc3n2CC2COCCO2)cn(C)c1=O.Cl. The average Bonchev–Trinajstić information content (AvgIpc) is 3.15. The van der Waals surface area contributed by atoms with E-state index in [1.165, 1.54) is 6.92 Å². The third-order valence-electron chi connectivity index (χ3n) is 5.98. The molecule has 3 aromatic rings. The molecule has 3 unspecified atom stereocenters. The van der Waals surface area contributed by atoms with Gasteiger partial charge < -0.3 is 28.8 Å². The van der Waals surface area contributed by atoms with Crippen molar-refractivity contribution < 1.29 is 24.5 Å².